The first-order valence-electron chi connectivity index (χ1n) is 8.45. The van der Waals surface area contributed by atoms with E-state index >= 15 is 0 Å². The Hall–Kier alpha value is -1.80. The van der Waals surface area contributed by atoms with Crippen molar-refractivity contribution in [3.63, 3.8) is 0 Å². The van der Waals surface area contributed by atoms with E-state index in [4.69, 9.17) is 4.55 Å². The number of amides is 1. The molecule has 2 unspecified atom stereocenters. The largest absolute Gasteiger partial charge is 0.772 e. The van der Waals surface area contributed by atoms with E-state index in [-0.39, 0.29) is 24.3 Å². The Kier molecular flexibility index (Phi) is 10.5. The number of hydrogen-bond donors (Lipinski definition) is 4. The molecule has 1 amide bonds. The number of nitrogens with one attached hydrogen (secondary N) is 3. The first kappa shape index (κ1) is 25.2. The van der Waals surface area contributed by atoms with Gasteiger partial charge < -0.3 is 19.9 Å². The van der Waals surface area contributed by atoms with Crippen molar-refractivity contribution in [3.8, 4) is 0 Å². The monoisotopic (exact) mass is 466 g/mol. The highest BCUT2D eigenvalue weighted by Gasteiger charge is 2.12. The summed E-state index contributed by atoms with van der Waals surface area (Å²) in [7, 11) is -5.48. The van der Waals surface area contributed by atoms with Crippen LogP contribution in [0, 0.1) is 0 Å². The second-order valence-corrected chi connectivity index (χ2v) is 9.72. The van der Waals surface area contributed by atoms with Crippen LogP contribution in [0.1, 0.15) is 28.8 Å². The van der Waals surface area contributed by atoms with Crippen LogP contribution in [0.4, 0.5) is 5.69 Å². The smallest absolute Gasteiger partial charge is 0.264 e. The van der Waals surface area contributed by atoms with Crippen LogP contribution < -0.4 is 15.4 Å². The van der Waals surface area contributed by atoms with Gasteiger partial charge in [0.25, 0.3) is 16.0 Å². The second kappa shape index (κ2) is 12.0. The Morgan fingerprint density at radius 2 is 1.76 bits per heavy atom. The van der Waals surface area contributed by atoms with Gasteiger partial charge in [0.15, 0.2) is 0 Å². The molecule has 1 rings (SSSR count). The topological polar surface area (TPSA) is 165 Å². The molecule has 0 aromatic heterocycles. The maximum absolute atomic E-state index is 12.4. The number of hydrogen-bond acceptors (Lipinski definition) is 7. The van der Waals surface area contributed by atoms with Crippen LogP contribution in [0.2, 0.25) is 0 Å². The van der Waals surface area contributed by atoms with E-state index in [1.54, 1.807) is 12.1 Å². The normalized spacial score (nSPS) is 13.3. The zero-order valence-corrected chi connectivity index (χ0v) is 18.3. The quantitative estimate of drug-likeness (QED) is 0.182. The van der Waals surface area contributed by atoms with Gasteiger partial charge in [0.05, 0.1) is 5.75 Å². The van der Waals surface area contributed by atoms with Gasteiger partial charge in [-0.05, 0) is 36.6 Å². The second-order valence-electron chi connectivity index (χ2n) is 6.02. The van der Waals surface area contributed by atoms with Crippen LogP contribution in [0.3, 0.4) is 0 Å². The summed E-state index contributed by atoms with van der Waals surface area (Å²) in [5, 5.41) is 5.52. The minimum absolute atomic E-state index is 0.00784. The lowest BCUT2D eigenvalue weighted by atomic mass is 10.1. The van der Waals surface area contributed by atoms with Gasteiger partial charge in [-0.3, -0.25) is 13.6 Å². The highest BCUT2D eigenvalue weighted by molar-refractivity contribution is 7.85. The van der Waals surface area contributed by atoms with Crippen molar-refractivity contribution >= 4 is 49.5 Å². The van der Waals surface area contributed by atoms with E-state index < -0.39 is 43.8 Å². The van der Waals surface area contributed by atoms with Crippen LogP contribution >= 0.6 is 0 Å². The van der Waals surface area contributed by atoms with Crippen molar-refractivity contribution in [2.75, 3.05) is 35.6 Å². The van der Waals surface area contributed by atoms with Crippen LogP contribution in [-0.4, -0.2) is 62.7 Å². The number of anilines is 1. The fourth-order valence-corrected chi connectivity index (χ4v) is 3.59. The van der Waals surface area contributed by atoms with Crippen molar-refractivity contribution in [1.82, 2.24) is 10.6 Å². The fraction of sp³-hybridized carbons (Fsp3) is 0.438. The summed E-state index contributed by atoms with van der Waals surface area (Å²) in [4.78, 5) is 12.4. The van der Waals surface area contributed by atoms with E-state index in [0.29, 0.717) is 29.9 Å². The molecule has 164 valence electrons. The Balaban J connectivity index is 2.86. The lowest BCUT2D eigenvalue weighted by Gasteiger charge is -2.14. The van der Waals surface area contributed by atoms with Crippen molar-refractivity contribution in [2.24, 2.45) is 0 Å². The van der Waals surface area contributed by atoms with Gasteiger partial charge in [-0.1, -0.05) is 17.7 Å². The maximum Gasteiger partial charge on any atom is 0.264 e. The third-order valence-electron chi connectivity index (χ3n) is 3.50. The average Bonchev–Trinajstić information content (AvgIpc) is 2.60. The fourth-order valence-electron chi connectivity index (χ4n) is 2.25. The highest BCUT2D eigenvalue weighted by atomic mass is 32.2. The molecule has 0 aliphatic heterocycles. The Bertz CT molecular complexity index is 888. The maximum atomic E-state index is 12.4. The van der Waals surface area contributed by atoms with Gasteiger partial charge in [0.1, 0.15) is 11.0 Å². The molecule has 0 radical (unpaired) electrons. The third kappa shape index (κ3) is 11.1. The SMILES string of the molecule is C=C(NCCCS(=O)[O-])c1cc(NS(C)=O)cc(C(=O)NCCCS(=O)(=O)O)c1. The molecule has 0 saturated carbocycles. The number of benzene rings is 1. The molecule has 0 fully saturated rings. The summed E-state index contributed by atoms with van der Waals surface area (Å²) in [6, 6.07) is 4.66. The number of rotatable bonds is 13. The Morgan fingerprint density at radius 1 is 1.14 bits per heavy atom. The molecule has 0 spiro atoms. The van der Waals surface area contributed by atoms with Gasteiger partial charge in [-0.2, -0.15) is 8.42 Å². The molecule has 0 bridgehead atoms. The highest BCUT2D eigenvalue weighted by Crippen LogP contribution is 2.20. The summed E-state index contributed by atoms with van der Waals surface area (Å²) in [5.41, 5.74) is 1.63. The molecule has 1 aromatic carbocycles. The molecule has 1 aromatic rings. The van der Waals surface area contributed by atoms with Gasteiger partial charge >= 0.3 is 0 Å². The summed E-state index contributed by atoms with van der Waals surface area (Å²) < 4.78 is 65.4. The number of carbonyl (C=O) groups is 1. The molecular weight excluding hydrogens is 442 g/mol. The average molecular weight is 467 g/mol. The lowest BCUT2D eigenvalue weighted by molar-refractivity contribution is 0.0953. The summed E-state index contributed by atoms with van der Waals surface area (Å²) in [6.45, 7) is 4.27. The van der Waals surface area contributed by atoms with Crippen molar-refractivity contribution in [1.29, 1.82) is 0 Å². The van der Waals surface area contributed by atoms with E-state index in [1.807, 2.05) is 0 Å². The van der Waals surface area contributed by atoms with Crippen LogP contribution in [0.25, 0.3) is 5.70 Å². The minimum Gasteiger partial charge on any atom is -0.772 e. The summed E-state index contributed by atoms with van der Waals surface area (Å²) in [5.74, 6) is -0.945. The third-order valence-corrected chi connectivity index (χ3v) is 5.45. The number of carbonyl (C=O) groups excluding carboxylic acids is 1. The van der Waals surface area contributed by atoms with E-state index in [2.05, 4.69) is 21.9 Å². The Morgan fingerprint density at radius 3 is 2.34 bits per heavy atom. The lowest BCUT2D eigenvalue weighted by Crippen LogP contribution is -2.26. The molecule has 4 N–H and O–H groups in total. The van der Waals surface area contributed by atoms with Crippen molar-refractivity contribution < 1.29 is 30.7 Å². The molecule has 0 aliphatic rings. The predicted molar refractivity (Wildman–Crippen MR) is 113 cm³/mol. The molecule has 10 nitrogen and oxygen atoms in total. The van der Waals surface area contributed by atoms with Gasteiger partial charge in [0, 0.05) is 42.0 Å². The minimum atomic E-state index is -4.10. The van der Waals surface area contributed by atoms with Crippen LogP contribution in [0.5, 0.6) is 0 Å². The standard InChI is InChI=1S/C16H25N3O7S3/c1-12(17-5-3-7-28(22)23)13-9-14(11-15(10-13)19-27(2)21)16(20)18-6-4-8-29(24,25)26/h9-11,17,19H,1,3-8H2,2H3,(H,18,20)(H,22,23)(H,24,25,26)/p-1. The zero-order chi connectivity index (χ0) is 22.0. The van der Waals surface area contributed by atoms with Crippen LogP contribution in [0.15, 0.2) is 24.8 Å². The van der Waals surface area contributed by atoms with Crippen molar-refractivity contribution in [3.05, 3.63) is 35.9 Å². The van der Waals surface area contributed by atoms with Crippen molar-refractivity contribution in [2.45, 2.75) is 12.8 Å². The first-order valence-corrected chi connectivity index (χ1v) is 12.9. The Labute approximate surface area is 175 Å². The van der Waals surface area contributed by atoms with Gasteiger partial charge in [-0.15, -0.1) is 0 Å². The van der Waals surface area contributed by atoms with Gasteiger partial charge in [-0.25, -0.2) is 4.21 Å². The molecular formula is C16H24N3O7S3-. The molecule has 2 atom stereocenters. The van der Waals surface area contributed by atoms with Crippen LogP contribution in [-0.2, 0) is 32.2 Å². The first-order chi connectivity index (χ1) is 13.5. The molecule has 0 heterocycles. The summed E-state index contributed by atoms with van der Waals surface area (Å²) >= 11 is -2.12. The van der Waals surface area contributed by atoms with Gasteiger partial charge in [0.2, 0.25) is 0 Å². The molecule has 0 saturated heterocycles. The molecule has 13 heteroatoms. The van der Waals surface area contributed by atoms with E-state index in [9.17, 15) is 26.2 Å². The zero-order valence-electron chi connectivity index (χ0n) is 15.8. The molecule has 29 heavy (non-hydrogen) atoms. The van der Waals surface area contributed by atoms with E-state index in [0.717, 1.165) is 0 Å². The molecule has 0 aliphatic carbocycles. The summed E-state index contributed by atoms with van der Waals surface area (Å²) in [6.07, 6.45) is 1.86. The predicted octanol–water partition coefficient (Wildman–Crippen LogP) is 0.229. The van der Waals surface area contributed by atoms with E-state index in [1.165, 1.54) is 12.3 Å².